The number of rotatable bonds is 7. The highest BCUT2D eigenvalue weighted by molar-refractivity contribution is 5.84. The molecule has 0 aliphatic carbocycles. The van der Waals surface area contributed by atoms with E-state index in [2.05, 4.69) is 5.32 Å². The van der Waals surface area contributed by atoms with Crippen LogP contribution in [-0.4, -0.2) is 38.5 Å². The lowest BCUT2D eigenvalue weighted by atomic mass is 9.87. The van der Waals surface area contributed by atoms with E-state index in [4.69, 9.17) is 15.2 Å². The number of amides is 1. The van der Waals surface area contributed by atoms with Crippen molar-refractivity contribution in [2.24, 2.45) is 11.7 Å². The van der Waals surface area contributed by atoms with Gasteiger partial charge in [-0.1, -0.05) is 13.8 Å². The Morgan fingerprint density at radius 2 is 1.87 bits per heavy atom. The van der Waals surface area contributed by atoms with Crippen LogP contribution in [0.25, 0.3) is 0 Å². The van der Waals surface area contributed by atoms with Crippen molar-refractivity contribution < 1.29 is 14.3 Å². The molecule has 90 valence electrons. The Balaban J connectivity index is 4.37. The maximum atomic E-state index is 11.3. The Morgan fingerprint density at radius 3 is 2.13 bits per heavy atom. The Hall–Kier alpha value is -0.650. The van der Waals surface area contributed by atoms with Gasteiger partial charge in [0.05, 0.1) is 5.54 Å². The van der Waals surface area contributed by atoms with Crippen molar-refractivity contribution in [3.63, 3.8) is 0 Å². The fourth-order valence-electron chi connectivity index (χ4n) is 1.13. The van der Waals surface area contributed by atoms with E-state index in [9.17, 15) is 4.79 Å². The van der Waals surface area contributed by atoms with Crippen molar-refractivity contribution in [2.75, 3.05) is 20.8 Å². The fraction of sp³-hybridized carbons (Fsp3) is 0.900. The van der Waals surface area contributed by atoms with Crippen LogP contribution in [0.3, 0.4) is 0 Å². The zero-order chi connectivity index (χ0) is 12.1. The molecular formula is C10H22N2O3. The molecule has 0 aliphatic heterocycles. The molecule has 5 heteroatoms. The third kappa shape index (κ3) is 3.77. The summed E-state index contributed by atoms with van der Waals surface area (Å²) in [5, 5.41) is 3.07. The molecule has 1 amide bonds. The van der Waals surface area contributed by atoms with Gasteiger partial charge in [-0.05, 0) is 12.8 Å². The zero-order valence-corrected chi connectivity index (χ0v) is 10.2. The summed E-state index contributed by atoms with van der Waals surface area (Å²) in [5.41, 5.74) is 4.62. The van der Waals surface area contributed by atoms with Gasteiger partial charge in [0.15, 0.2) is 6.29 Å². The van der Waals surface area contributed by atoms with E-state index in [0.29, 0.717) is 6.54 Å². The van der Waals surface area contributed by atoms with Crippen LogP contribution >= 0.6 is 0 Å². The molecule has 0 aliphatic rings. The van der Waals surface area contributed by atoms with Gasteiger partial charge in [-0.2, -0.15) is 0 Å². The van der Waals surface area contributed by atoms with Crippen LogP contribution in [0.1, 0.15) is 20.8 Å². The first-order chi connectivity index (χ1) is 6.88. The quantitative estimate of drug-likeness (QED) is 0.594. The first-order valence-corrected chi connectivity index (χ1v) is 4.99. The number of hydrogen-bond acceptors (Lipinski definition) is 4. The smallest absolute Gasteiger partial charge is 0.237 e. The van der Waals surface area contributed by atoms with E-state index >= 15 is 0 Å². The molecule has 0 aromatic carbocycles. The standard InChI is InChI=1S/C10H22N2O3/c1-7(2)10(3,9(11)13)12-6-8(14-4)15-5/h7-8,12H,6H2,1-5H3,(H2,11,13)/t10-/m1/s1. The number of carbonyl (C=O) groups is 1. The van der Waals surface area contributed by atoms with Crippen LogP contribution in [0.2, 0.25) is 0 Å². The third-order valence-corrected chi connectivity index (χ3v) is 2.83. The van der Waals surface area contributed by atoms with E-state index in [1.165, 1.54) is 0 Å². The molecule has 0 aromatic rings. The molecule has 0 unspecified atom stereocenters. The molecule has 0 bridgehead atoms. The van der Waals surface area contributed by atoms with E-state index in [0.717, 1.165) is 0 Å². The minimum Gasteiger partial charge on any atom is -0.368 e. The number of carbonyl (C=O) groups excluding carboxylic acids is 1. The van der Waals surface area contributed by atoms with Gasteiger partial charge < -0.3 is 15.2 Å². The van der Waals surface area contributed by atoms with Gasteiger partial charge in [-0.25, -0.2) is 0 Å². The van der Waals surface area contributed by atoms with Gasteiger partial charge in [0, 0.05) is 20.8 Å². The molecule has 0 aromatic heterocycles. The van der Waals surface area contributed by atoms with Crippen LogP contribution in [0, 0.1) is 5.92 Å². The molecule has 15 heavy (non-hydrogen) atoms. The summed E-state index contributed by atoms with van der Waals surface area (Å²) >= 11 is 0. The third-order valence-electron chi connectivity index (χ3n) is 2.83. The molecule has 0 heterocycles. The Labute approximate surface area is 91.3 Å². The summed E-state index contributed by atoms with van der Waals surface area (Å²) in [6.45, 7) is 6.08. The molecular weight excluding hydrogens is 196 g/mol. The molecule has 0 saturated carbocycles. The lowest BCUT2D eigenvalue weighted by molar-refractivity contribution is -0.128. The number of methoxy groups -OCH3 is 2. The first kappa shape index (κ1) is 14.3. The largest absolute Gasteiger partial charge is 0.368 e. The molecule has 0 rings (SSSR count). The van der Waals surface area contributed by atoms with Crippen LogP contribution in [0.15, 0.2) is 0 Å². The highest BCUT2D eigenvalue weighted by Gasteiger charge is 2.34. The maximum absolute atomic E-state index is 11.3. The highest BCUT2D eigenvalue weighted by atomic mass is 16.7. The van der Waals surface area contributed by atoms with Gasteiger partial charge in [0.1, 0.15) is 0 Å². The molecule has 3 N–H and O–H groups in total. The molecule has 0 spiro atoms. The second-order valence-corrected chi connectivity index (χ2v) is 4.00. The summed E-state index contributed by atoms with van der Waals surface area (Å²) in [6.07, 6.45) is -0.373. The van der Waals surface area contributed by atoms with E-state index in [1.54, 1.807) is 21.1 Å². The normalized spacial score (nSPS) is 15.7. The SMILES string of the molecule is COC(CN[C@@](C)(C(N)=O)C(C)C)OC. The van der Waals surface area contributed by atoms with Crippen molar-refractivity contribution in [1.29, 1.82) is 0 Å². The number of ether oxygens (including phenoxy) is 2. The second kappa shape index (κ2) is 6.05. The minimum absolute atomic E-state index is 0.101. The van der Waals surface area contributed by atoms with Crippen molar-refractivity contribution >= 4 is 5.91 Å². The number of nitrogens with two attached hydrogens (primary N) is 1. The van der Waals surface area contributed by atoms with Crippen molar-refractivity contribution in [1.82, 2.24) is 5.32 Å². The first-order valence-electron chi connectivity index (χ1n) is 4.99. The van der Waals surface area contributed by atoms with Gasteiger partial charge in [0.2, 0.25) is 5.91 Å². The zero-order valence-electron chi connectivity index (χ0n) is 10.2. The van der Waals surface area contributed by atoms with E-state index in [1.807, 2.05) is 13.8 Å². The average Bonchev–Trinajstić information content (AvgIpc) is 2.18. The minimum atomic E-state index is -0.741. The molecule has 0 radical (unpaired) electrons. The number of primary amides is 1. The predicted octanol–water partition coefficient (Wildman–Crippen LogP) is 0.0949. The van der Waals surface area contributed by atoms with Gasteiger partial charge in [-0.15, -0.1) is 0 Å². The summed E-state index contributed by atoms with van der Waals surface area (Å²) in [7, 11) is 3.10. The fourth-order valence-corrected chi connectivity index (χ4v) is 1.13. The van der Waals surface area contributed by atoms with Crippen LogP contribution < -0.4 is 11.1 Å². The maximum Gasteiger partial charge on any atom is 0.237 e. The summed E-state index contributed by atoms with van der Waals surface area (Å²) < 4.78 is 10.0. The van der Waals surface area contributed by atoms with Crippen LogP contribution in [0.5, 0.6) is 0 Å². The summed E-state index contributed by atoms with van der Waals surface area (Å²) in [5.74, 6) is -0.271. The Kier molecular flexibility index (Phi) is 5.79. The van der Waals surface area contributed by atoms with Crippen LogP contribution in [-0.2, 0) is 14.3 Å². The molecule has 5 nitrogen and oxygen atoms in total. The highest BCUT2D eigenvalue weighted by Crippen LogP contribution is 2.15. The van der Waals surface area contributed by atoms with Gasteiger partial charge in [-0.3, -0.25) is 10.1 Å². The van der Waals surface area contributed by atoms with Crippen LogP contribution in [0.4, 0.5) is 0 Å². The second-order valence-electron chi connectivity index (χ2n) is 4.00. The van der Waals surface area contributed by atoms with E-state index in [-0.39, 0.29) is 18.1 Å². The average molecular weight is 218 g/mol. The van der Waals surface area contributed by atoms with Gasteiger partial charge >= 0.3 is 0 Å². The number of nitrogens with one attached hydrogen (secondary N) is 1. The molecule has 0 saturated heterocycles. The predicted molar refractivity (Wildman–Crippen MR) is 58.2 cm³/mol. The Bertz CT molecular complexity index is 205. The summed E-state index contributed by atoms with van der Waals surface area (Å²) in [6, 6.07) is 0. The lowest BCUT2D eigenvalue weighted by Crippen LogP contribution is -2.58. The Morgan fingerprint density at radius 1 is 1.40 bits per heavy atom. The van der Waals surface area contributed by atoms with Crippen molar-refractivity contribution in [3.05, 3.63) is 0 Å². The monoisotopic (exact) mass is 218 g/mol. The van der Waals surface area contributed by atoms with E-state index < -0.39 is 5.54 Å². The lowest BCUT2D eigenvalue weighted by Gasteiger charge is -2.32. The molecule has 0 fully saturated rings. The molecule has 1 atom stereocenters. The summed E-state index contributed by atoms with van der Waals surface area (Å²) in [4.78, 5) is 11.3. The van der Waals surface area contributed by atoms with Crippen molar-refractivity contribution in [2.45, 2.75) is 32.6 Å². The topological polar surface area (TPSA) is 73.6 Å². The van der Waals surface area contributed by atoms with Gasteiger partial charge in [0.25, 0.3) is 0 Å². The van der Waals surface area contributed by atoms with Crippen molar-refractivity contribution in [3.8, 4) is 0 Å². The number of hydrogen-bond donors (Lipinski definition) is 2.